The van der Waals surface area contributed by atoms with Crippen LogP contribution in [0.1, 0.15) is 23.4 Å². The number of unbranched alkanes of at least 4 members (excludes halogenated alkanes) is 2. The zero-order valence-electron chi connectivity index (χ0n) is 10.1. The number of rotatable bonds is 7. The zero-order chi connectivity index (χ0) is 11.7. The van der Waals surface area contributed by atoms with Gasteiger partial charge in [0.05, 0.1) is 13.2 Å². The van der Waals surface area contributed by atoms with E-state index < -0.39 is 12.9 Å². The van der Waals surface area contributed by atoms with Crippen LogP contribution in [0.15, 0.2) is 12.7 Å². The molecule has 0 radical (unpaired) electrons. The molecular formula is C9H17NO2. The van der Waals surface area contributed by atoms with Gasteiger partial charge in [0.15, 0.2) is 0 Å². The fourth-order valence-corrected chi connectivity index (χ4v) is 0.700. The number of carbonyl (C=O) groups is 1. The number of carbonyl (C=O) groups excluding carboxylic acids is 1. The van der Waals surface area contributed by atoms with Crippen molar-refractivity contribution in [2.75, 3.05) is 20.1 Å². The molecule has 0 heterocycles. The van der Waals surface area contributed by atoms with Gasteiger partial charge in [0, 0.05) is 4.11 Å². The molecule has 3 heteroatoms. The number of esters is 1. The molecule has 1 N–H and O–H groups in total. The molecule has 70 valence electrons. The van der Waals surface area contributed by atoms with Crippen LogP contribution < -0.4 is 5.32 Å². The molecule has 0 unspecified atom stereocenters. The highest BCUT2D eigenvalue weighted by atomic mass is 16.5. The summed E-state index contributed by atoms with van der Waals surface area (Å²) in [5, 5.41) is 2.08. The van der Waals surface area contributed by atoms with Crippen LogP contribution in [-0.4, -0.2) is 26.1 Å². The van der Waals surface area contributed by atoms with E-state index in [9.17, 15) is 4.79 Å². The van der Waals surface area contributed by atoms with Gasteiger partial charge in [-0.05, 0) is 26.2 Å². The van der Waals surface area contributed by atoms with Crippen molar-refractivity contribution < 1.29 is 13.6 Å². The molecule has 0 amide bonds. The summed E-state index contributed by atoms with van der Waals surface area (Å²) in [6.07, 6.45) is 4.39. The second-order valence-electron chi connectivity index (χ2n) is 2.36. The molecule has 0 saturated carbocycles. The van der Waals surface area contributed by atoms with Crippen LogP contribution in [0.25, 0.3) is 0 Å². The summed E-state index contributed by atoms with van der Waals surface area (Å²) < 4.78 is 25.2. The lowest BCUT2D eigenvalue weighted by Crippen LogP contribution is -2.21. The van der Waals surface area contributed by atoms with Crippen LogP contribution in [0, 0.1) is 0 Å². The predicted octanol–water partition coefficient (Wildman–Crippen LogP) is 1.11. The molecule has 0 atom stereocenters. The van der Waals surface area contributed by atoms with Crippen LogP contribution in [0.5, 0.6) is 0 Å². The van der Waals surface area contributed by atoms with Gasteiger partial charge in [-0.3, -0.25) is 4.79 Å². The largest absolute Gasteiger partial charge is 0.465 e. The summed E-state index contributed by atoms with van der Waals surface area (Å²) in [6, 6.07) is 0. The minimum absolute atomic E-state index is 0.280. The van der Waals surface area contributed by atoms with Gasteiger partial charge in [-0.1, -0.05) is 6.08 Å². The molecule has 0 bridgehead atoms. The Morgan fingerprint density at radius 3 is 3.25 bits per heavy atom. The Bertz CT molecular complexity index is 204. The highest BCUT2D eigenvalue weighted by Gasteiger charge is 1.98. The van der Waals surface area contributed by atoms with E-state index in [4.69, 9.17) is 8.85 Å². The monoisotopic (exact) mass is 174 g/mol. The Balaban J connectivity index is 3.38. The Kier molecular flexibility index (Phi) is 4.59. The van der Waals surface area contributed by atoms with Crippen molar-refractivity contribution in [2.24, 2.45) is 0 Å². The van der Waals surface area contributed by atoms with Crippen molar-refractivity contribution in [3.63, 3.8) is 0 Å². The van der Waals surface area contributed by atoms with Crippen molar-refractivity contribution in [2.45, 2.75) is 19.3 Å². The molecule has 0 aromatic carbocycles. The average Bonchev–Trinajstić information content (AvgIpc) is 2.13. The van der Waals surface area contributed by atoms with Gasteiger partial charge in [0.25, 0.3) is 0 Å². The van der Waals surface area contributed by atoms with E-state index >= 15 is 0 Å². The smallest absolute Gasteiger partial charge is 0.319 e. The van der Waals surface area contributed by atoms with E-state index in [2.05, 4.69) is 11.9 Å². The number of allylic oxidation sites excluding steroid dienone is 1. The Hall–Kier alpha value is -0.830. The summed E-state index contributed by atoms with van der Waals surface area (Å²) in [4.78, 5) is 11.0. The fraction of sp³-hybridized carbons (Fsp3) is 0.667. The first-order valence-corrected chi connectivity index (χ1v) is 3.97. The Morgan fingerprint density at radius 2 is 2.58 bits per heavy atom. The first-order chi connectivity index (χ1) is 6.95. The van der Waals surface area contributed by atoms with Crippen LogP contribution in [0.2, 0.25) is 0 Å². The highest BCUT2D eigenvalue weighted by Crippen LogP contribution is 1.95. The quantitative estimate of drug-likeness (QED) is 0.357. The number of hydrogen-bond donors (Lipinski definition) is 1. The molecule has 0 spiro atoms. The van der Waals surface area contributed by atoms with Crippen LogP contribution >= 0.6 is 0 Å². The molecule has 3 nitrogen and oxygen atoms in total. The van der Waals surface area contributed by atoms with Gasteiger partial charge in [-0.25, -0.2) is 0 Å². The maximum Gasteiger partial charge on any atom is 0.319 e. The molecule has 0 saturated heterocycles. The minimum Gasteiger partial charge on any atom is -0.465 e. The van der Waals surface area contributed by atoms with Crippen LogP contribution in [0.4, 0.5) is 0 Å². The van der Waals surface area contributed by atoms with Crippen molar-refractivity contribution >= 4 is 5.97 Å². The normalized spacial score (nSPS) is 14.2. The van der Waals surface area contributed by atoms with Gasteiger partial charge in [-0.2, -0.15) is 0 Å². The van der Waals surface area contributed by atoms with E-state index in [0.29, 0.717) is 6.61 Å². The standard InChI is InChI=1S/C9H17NO2/c1-3-4-5-6-7-12-9(11)8-10-2/h3,10H,1,4-8H2,2H3/i2D3. The third-order valence-corrected chi connectivity index (χ3v) is 1.30. The molecule has 0 rings (SSSR count). The third-order valence-electron chi connectivity index (χ3n) is 1.30. The molecule has 0 aliphatic rings. The molecule has 0 aromatic heterocycles. The highest BCUT2D eigenvalue weighted by molar-refractivity contribution is 5.71. The topological polar surface area (TPSA) is 38.3 Å². The van der Waals surface area contributed by atoms with Crippen molar-refractivity contribution in [3.05, 3.63) is 12.7 Å². The maximum atomic E-state index is 11.0. The van der Waals surface area contributed by atoms with E-state index in [-0.39, 0.29) is 6.54 Å². The summed E-state index contributed by atoms with van der Waals surface area (Å²) in [5.74, 6) is -0.537. The van der Waals surface area contributed by atoms with E-state index in [1.54, 1.807) is 6.08 Å². The Morgan fingerprint density at radius 1 is 1.75 bits per heavy atom. The van der Waals surface area contributed by atoms with Crippen molar-refractivity contribution in [3.8, 4) is 0 Å². The zero-order valence-corrected chi connectivity index (χ0v) is 7.14. The number of hydrogen-bond acceptors (Lipinski definition) is 3. The molecule has 12 heavy (non-hydrogen) atoms. The fourth-order valence-electron chi connectivity index (χ4n) is 0.700. The number of likely N-dealkylation sites (N-methyl/N-ethyl adjacent to an activating group) is 1. The Labute approximate surface area is 78.0 Å². The first kappa shape index (κ1) is 6.66. The summed E-state index contributed by atoms with van der Waals surface area (Å²) >= 11 is 0. The summed E-state index contributed by atoms with van der Waals surface area (Å²) in [5.41, 5.74) is 0. The van der Waals surface area contributed by atoms with Gasteiger partial charge >= 0.3 is 5.97 Å². The molecule has 0 aromatic rings. The van der Waals surface area contributed by atoms with Gasteiger partial charge in [0.2, 0.25) is 0 Å². The van der Waals surface area contributed by atoms with E-state index in [1.165, 1.54) is 0 Å². The molecule has 0 fully saturated rings. The predicted molar refractivity (Wildman–Crippen MR) is 48.9 cm³/mol. The third kappa shape index (κ3) is 7.28. The van der Waals surface area contributed by atoms with Gasteiger partial charge in [0.1, 0.15) is 0 Å². The number of nitrogens with one attached hydrogen (secondary N) is 1. The summed E-state index contributed by atoms with van der Waals surface area (Å²) in [7, 11) is 0. The second-order valence-corrected chi connectivity index (χ2v) is 2.36. The molecule has 0 aliphatic carbocycles. The molecule has 0 aliphatic heterocycles. The van der Waals surface area contributed by atoms with Crippen molar-refractivity contribution in [1.82, 2.24) is 5.32 Å². The van der Waals surface area contributed by atoms with Gasteiger partial charge < -0.3 is 10.1 Å². The summed E-state index contributed by atoms with van der Waals surface area (Å²) in [6.45, 7) is 1.33. The lowest BCUT2D eigenvalue weighted by Gasteiger charge is -2.02. The second kappa shape index (κ2) is 8.27. The molecular weight excluding hydrogens is 154 g/mol. The lowest BCUT2D eigenvalue weighted by atomic mass is 10.2. The minimum atomic E-state index is -2.29. The first-order valence-electron chi connectivity index (χ1n) is 5.47. The average molecular weight is 174 g/mol. The van der Waals surface area contributed by atoms with E-state index in [1.807, 2.05) is 0 Å². The van der Waals surface area contributed by atoms with Crippen molar-refractivity contribution in [1.29, 1.82) is 0 Å². The SMILES string of the molecule is [2H]C([2H])([2H])NCC(=O)OCCCCC=C. The lowest BCUT2D eigenvalue weighted by molar-refractivity contribution is -0.142. The van der Waals surface area contributed by atoms with Crippen LogP contribution in [-0.2, 0) is 9.53 Å². The van der Waals surface area contributed by atoms with Crippen LogP contribution in [0.3, 0.4) is 0 Å². The number of ether oxygens (including phenoxy) is 1. The maximum absolute atomic E-state index is 11.0. The van der Waals surface area contributed by atoms with E-state index in [0.717, 1.165) is 19.3 Å². The van der Waals surface area contributed by atoms with Gasteiger partial charge in [-0.15, -0.1) is 6.58 Å².